The van der Waals surface area contributed by atoms with Crippen molar-refractivity contribution in [2.45, 2.75) is 33.1 Å². The summed E-state index contributed by atoms with van der Waals surface area (Å²) in [7, 11) is 0. The maximum atomic E-state index is 12.2. The Morgan fingerprint density at radius 1 is 1.53 bits per heavy atom. The Hall–Kier alpha value is -1.85. The number of carbonyl (C=O) groups is 2. The molecular formula is C13H19N3O3. The van der Waals surface area contributed by atoms with Gasteiger partial charge in [-0.15, -0.1) is 0 Å². The van der Waals surface area contributed by atoms with Crippen LogP contribution in [0.2, 0.25) is 0 Å². The number of aromatic nitrogens is 2. The summed E-state index contributed by atoms with van der Waals surface area (Å²) >= 11 is 0. The Morgan fingerprint density at radius 2 is 2.21 bits per heavy atom. The van der Waals surface area contributed by atoms with Crippen molar-refractivity contribution >= 4 is 11.9 Å². The van der Waals surface area contributed by atoms with Crippen molar-refractivity contribution in [3.8, 4) is 0 Å². The van der Waals surface area contributed by atoms with E-state index in [1.165, 1.54) is 0 Å². The van der Waals surface area contributed by atoms with E-state index >= 15 is 0 Å². The van der Waals surface area contributed by atoms with Crippen LogP contribution in [0.3, 0.4) is 0 Å². The van der Waals surface area contributed by atoms with Crippen molar-refractivity contribution in [3.63, 3.8) is 0 Å². The third-order valence-electron chi connectivity index (χ3n) is 3.72. The highest BCUT2D eigenvalue weighted by Crippen LogP contribution is 2.31. The van der Waals surface area contributed by atoms with Crippen LogP contribution >= 0.6 is 0 Å². The van der Waals surface area contributed by atoms with Crippen LogP contribution in [0.4, 0.5) is 0 Å². The highest BCUT2D eigenvalue weighted by Gasteiger charge is 2.42. The molecule has 1 aromatic rings. The summed E-state index contributed by atoms with van der Waals surface area (Å²) < 4.78 is 0. The van der Waals surface area contributed by atoms with E-state index in [9.17, 15) is 9.59 Å². The Balaban J connectivity index is 2.11. The number of H-pyrrole nitrogens is 1. The number of rotatable bonds is 3. The summed E-state index contributed by atoms with van der Waals surface area (Å²) in [4.78, 5) is 25.0. The van der Waals surface area contributed by atoms with Crippen LogP contribution in [0.5, 0.6) is 0 Å². The number of nitrogens with one attached hydrogen (secondary N) is 1. The van der Waals surface area contributed by atoms with Gasteiger partial charge in [0, 0.05) is 18.8 Å². The fraction of sp³-hybridized carbons (Fsp3) is 0.615. The fourth-order valence-electron chi connectivity index (χ4n) is 2.21. The SMILES string of the molecule is CC(C)c1cc(C(=O)N2CC[C@@](C)(C(=O)O)C2)n[nH]1. The van der Waals surface area contributed by atoms with Gasteiger partial charge in [-0.25, -0.2) is 0 Å². The molecule has 2 heterocycles. The average Bonchev–Trinajstić information content (AvgIpc) is 2.95. The van der Waals surface area contributed by atoms with Crippen LogP contribution in [0.15, 0.2) is 6.07 Å². The van der Waals surface area contributed by atoms with E-state index in [1.54, 1.807) is 17.9 Å². The van der Waals surface area contributed by atoms with Gasteiger partial charge in [0.1, 0.15) is 5.69 Å². The lowest BCUT2D eigenvalue weighted by Gasteiger charge is -2.19. The maximum Gasteiger partial charge on any atom is 0.311 e. The number of aliphatic carboxylic acids is 1. The van der Waals surface area contributed by atoms with Crippen molar-refractivity contribution in [1.29, 1.82) is 0 Å². The minimum absolute atomic E-state index is 0.201. The zero-order valence-electron chi connectivity index (χ0n) is 11.4. The zero-order chi connectivity index (χ0) is 14.2. The highest BCUT2D eigenvalue weighted by molar-refractivity contribution is 5.93. The highest BCUT2D eigenvalue weighted by atomic mass is 16.4. The van der Waals surface area contributed by atoms with Gasteiger partial charge in [0.25, 0.3) is 5.91 Å². The number of carbonyl (C=O) groups excluding carboxylic acids is 1. The van der Waals surface area contributed by atoms with E-state index in [0.717, 1.165) is 5.69 Å². The number of carboxylic acid groups (broad SMARTS) is 1. The first kappa shape index (κ1) is 13.6. The molecule has 104 valence electrons. The predicted molar refractivity (Wildman–Crippen MR) is 68.9 cm³/mol. The van der Waals surface area contributed by atoms with Gasteiger partial charge < -0.3 is 10.0 Å². The molecule has 0 aromatic carbocycles. The molecule has 1 aliphatic heterocycles. The standard InChI is InChI=1S/C13H19N3O3/c1-8(2)9-6-10(15-14-9)11(17)16-5-4-13(3,7-16)12(18)19/h6,8H,4-5,7H2,1-3H3,(H,14,15)(H,18,19)/t13-/m1/s1. The smallest absolute Gasteiger partial charge is 0.311 e. The maximum absolute atomic E-state index is 12.2. The lowest BCUT2D eigenvalue weighted by atomic mass is 9.90. The van der Waals surface area contributed by atoms with E-state index in [2.05, 4.69) is 10.2 Å². The quantitative estimate of drug-likeness (QED) is 0.866. The molecule has 1 aromatic heterocycles. The Morgan fingerprint density at radius 3 is 2.68 bits per heavy atom. The normalized spacial score (nSPS) is 23.1. The van der Waals surface area contributed by atoms with Gasteiger partial charge in [0.15, 0.2) is 0 Å². The Kier molecular flexibility index (Phi) is 3.34. The van der Waals surface area contributed by atoms with Crippen LogP contribution in [0.25, 0.3) is 0 Å². The van der Waals surface area contributed by atoms with Gasteiger partial charge in [0.2, 0.25) is 0 Å². The molecule has 1 atom stereocenters. The molecule has 0 radical (unpaired) electrons. The molecule has 0 unspecified atom stereocenters. The molecule has 0 bridgehead atoms. The van der Waals surface area contributed by atoms with Crippen molar-refractivity contribution < 1.29 is 14.7 Å². The Labute approximate surface area is 111 Å². The molecule has 6 heteroatoms. The average molecular weight is 265 g/mol. The van der Waals surface area contributed by atoms with Gasteiger partial charge in [-0.2, -0.15) is 5.10 Å². The number of hydrogen-bond acceptors (Lipinski definition) is 3. The van der Waals surface area contributed by atoms with Crippen LogP contribution in [0.1, 0.15) is 49.3 Å². The van der Waals surface area contributed by atoms with Crippen molar-refractivity contribution in [2.24, 2.45) is 5.41 Å². The third kappa shape index (κ3) is 2.47. The zero-order valence-corrected chi connectivity index (χ0v) is 11.4. The summed E-state index contributed by atoms with van der Waals surface area (Å²) in [6, 6.07) is 1.74. The van der Waals surface area contributed by atoms with Crippen LogP contribution in [-0.2, 0) is 4.79 Å². The molecule has 0 saturated carbocycles. The third-order valence-corrected chi connectivity index (χ3v) is 3.72. The molecule has 2 N–H and O–H groups in total. The van der Waals surface area contributed by atoms with Crippen LogP contribution in [-0.4, -0.2) is 45.2 Å². The minimum Gasteiger partial charge on any atom is -0.481 e. The molecule has 1 saturated heterocycles. The molecule has 1 amide bonds. The lowest BCUT2D eigenvalue weighted by molar-refractivity contribution is -0.147. The molecule has 2 rings (SSSR count). The number of aromatic amines is 1. The second-order valence-corrected chi connectivity index (χ2v) is 5.71. The molecule has 19 heavy (non-hydrogen) atoms. The summed E-state index contributed by atoms with van der Waals surface area (Å²) in [5, 5.41) is 16.0. The van der Waals surface area contributed by atoms with Gasteiger partial charge in [-0.1, -0.05) is 13.8 Å². The van der Waals surface area contributed by atoms with Crippen molar-refractivity contribution in [1.82, 2.24) is 15.1 Å². The monoisotopic (exact) mass is 265 g/mol. The van der Waals surface area contributed by atoms with E-state index in [1.807, 2.05) is 13.8 Å². The van der Waals surface area contributed by atoms with Gasteiger partial charge in [-0.3, -0.25) is 14.7 Å². The molecular weight excluding hydrogens is 246 g/mol. The minimum atomic E-state index is -0.854. The van der Waals surface area contributed by atoms with E-state index in [4.69, 9.17) is 5.11 Å². The summed E-state index contributed by atoms with van der Waals surface area (Å²) in [6.45, 7) is 6.40. The summed E-state index contributed by atoms with van der Waals surface area (Å²) in [6.07, 6.45) is 0.482. The molecule has 6 nitrogen and oxygen atoms in total. The van der Waals surface area contributed by atoms with Crippen LogP contribution < -0.4 is 0 Å². The topological polar surface area (TPSA) is 86.3 Å². The number of nitrogens with zero attached hydrogens (tertiary/aromatic N) is 2. The first-order valence-electron chi connectivity index (χ1n) is 6.41. The van der Waals surface area contributed by atoms with Gasteiger partial charge in [0.05, 0.1) is 5.41 Å². The van der Waals surface area contributed by atoms with Gasteiger partial charge in [-0.05, 0) is 25.3 Å². The first-order chi connectivity index (χ1) is 8.83. The largest absolute Gasteiger partial charge is 0.481 e. The number of hydrogen-bond donors (Lipinski definition) is 2. The second kappa shape index (κ2) is 4.68. The van der Waals surface area contributed by atoms with Crippen molar-refractivity contribution in [3.05, 3.63) is 17.5 Å². The predicted octanol–water partition coefficient (Wildman–Crippen LogP) is 1.47. The Bertz CT molecular complexity index is 509. The summed E-state index contributed by atoms with van der Waals surface area (Å²) in [5.41, 5.74) is 0.425. The summed E-state index contributed by atoms with van der Waals surface area (Å²) in [5.74, 6) is -0.780. The van der Waals surface area contributed by atoms with Crippen molar-refractivity contribution in [2.75, 3.05) is 13.1 Å². The van der Waals surface area contributed by atoms with E-state index < -0.39 is 11.4 Å². The number of likely N-dealkylation sites (tertiary alicyclic amines) is 1. The lowest BCUT2D eigenvalue weighted by Crippen LogP contribution is -2.35. The molecule has 1 fully saturated rings. The number of amides is 1. The van der Waals surface area contributed by atoms with E-state index in [0.29, 0.717) is 18.7 Å². The number of carboxylic acids is 1. The fourth-order valence-corrected chi connectivity index (χ4v) is 2.21. The molecule has 1 aliphatic rings. The van der Waals surface area contributed by atoms with Crippen LogP contribution in [0, 0.1) is 5.41 Å². The van der Waals surface area contributed by atoms with E-state index in [-0.39, 0.29) is 18.4 Å². The second-order valence-electron chi connectivity index (χ2n) is 5.71. The molecule has 0 spiro atoms. The van der Waals surface area contributed by atoms with Gasteiger partial charge >= 0.3 is 5.97 Å². The molecule has 0 aliphatic carbocycles. The first-order valence-corrected chi connectivity index (χ1v) is 6.41.